The zero-order valence-electron chi connectivity index (χ0n) is 30.4. The molecule has 1 heterocycles. The highest BCUT2D eigenvalue weighted by Gasteiger charge is 2.18. The topological polar surface area (TPSA) is 56.5 Å². The van der Waals surface area contributed by atoms with E-state index >= 15 is 0 Å². The van der Waals surface area contributed by atoms with Crippen LogP contribution in [-0.2, 0) is 16.5 Å². The molecule has 0 saturated heterocycles. The van der Waals surface area contributed by atoms with E-state index in [0.29, 0.717) is 24.3 Å². The van der Waals surface area contributed by atoms with Gasteiger partial charge in [-0.15, -0.1) is 0 Å². The number of aromatic nitrogens is 1. The standard InChI is InChI=1S/C40H72NO4.ClH/c1-4-6-8-10-12-14-16-18-20-22-24-26-28-30-32-44-39(42)37-34-38(36-41(3)35-37)40(43)45-33-31-29-27-25-23-21-19-17-15-13-11-9-7-5-2;/h34-36H,4-33H2,1-3H3;1H/q+1;/p-1. The molecule has 0 aromatic carbocycles. The monoisotopic (exact) mass is 666 g/mol. The first-order chi connectivity index (χ1) is 22.1. The third kappa shape index (κ3) is 26.4. The molecule has 0 aliphatic rings. The molecular formula is C40H72ClNO4. The van der Waals surface area contributed by atoms with Gasteiger partial charge in [0.2, 0.25) is 0 Å². The highest BCUT2D eigenvalue weighted by molar-refractivity contribution is 5.94. The van der Waals surface area contributed by atoms with Gasteiger partial charge in [-0.25, -0.2) is 14.2 Å². The summed E-state index contributed by atoms with van der Waals surface area (Å²) in [5.74, 6) is -0.746. The Kier molecular flexibility index (Phi) is 32.1. The smallest absolute Gasteiger partial charge is 0.344 e. The minimum atomic E-state index is -0.373. The normalized spacial score (nSPS) is 10.9. The van der Waals surface area contributed by atoms with E-state index in [0.717, 1.165) is 25.7 Å². The van der Waals surface area contributed by atoms with Crippen molar-refractivity contribution in [1.29, 1.82) is 0 Å². The summed E-state index contributed by atoms with van der Waals surface area (Å²) in [4.78, 5) is 25.3. The van der Waals surface area contributed by atoms with Crippen LogP contribution in [0.1, 0.15) is 214 Å². The number of ether oxygens (including phenoxy) is 2. The van der Waals surface area contributed by atoms with Gasteiger partial charge < -0.3 is 21.9 Å². The Morgan fingerprint density at radius 2 is 0.696 bits per heavy atom. The predicted molar refractivity (Wildman–Crippen MR) is 189 cm³/mol. The zero-order chi connectivity index (χ0) is 32.6. The molecule has 268 valence electrons. The maximum absolute atomic E-state index is 12.6. The summed E-state index contributed by atoms with van der Waals surface area (Å²) in [5, 5.41) is 0. The summed E-state index contributed by atoms with van der Waals surface area (Å²) < 4.78 is 12.8. The van der Waals surface area contributed by atoms with E-state index in [2.05, 4.69) is 13.8 Å². The Hall–Kier alpha value is -1.62. The number of carbonyl (C=O) groups is 2. The Labute approximate surface area is 290 Å². The summed E-state index contributed by atoms with van der Waals surface area (Å²) in [6, 6.07) is 1.60. The fourth-order valence-corrected chi connectivity index (χ4v) is 6.03. The number of rotatable bonds is 32. The molecule has 1 aromatic heterocycles. The molecule has 0 fully saturated rings. The van der Waals surface area contributed by atoms with Crippen molar-refractivity contribution >= 4 is 11.9 Å². The molecule has 0 amide bonds. The van der Waals surface area contributed by atoms with E-state index in [1.165, 1.54) is 154 Å². The van der Waals surface area contributed by atoms with E-state index in [1.54, 1.807) is 23.0 Å². The van der Waals surface area contributed by atoms with Crippen molar-refractivity contribution in [2.75, 3.05) is 13.2 Å². The molecule has 0 spiro atoms. The molecule has 5 nitrogen and oxygen atoms in total. The fourth-order valence-electron chi connectivity index (χ4n) is 6.03. The minimum Gasteiger partial charge on any atom is -1.00 e. The first kappa shape index (κ1) is 44.4. The summed E-state index contributed by atoms with van der Waals surface area (Å²) in [5.41, 5.74) is 0.794. The number of halogens is 1. The third-order valence-electron chi connectivity index (χ3n) is 8.93. The van der Waals surface area contributed by atoms with Crippen LogP contribution < -0.4 is 17.0 Å². The van der Waals surface area contributed by atoms with Gasteiger partial charge in [-0.2, -0.15) is 0 Å². The van der Waals surface area contributed by atoms with E-state index in [-0.39, 0.29) is 24.3 Å². The predicted octanol–water partition coefficient (Wildman–Crippen LogP) is 8.79. The largest absolute Gasteiger partial charge is 1.00 e. The molecule has 0 aliphatic heterocycles. The Morgan fingerprint density at radius 3 is 0.957 bits per heavy atom. The Morgan fingerprint density at radius 1 is 0.457 bits per heavy atom. The highest BCUT2D eigenvalue weighted by Crippen LogP contribution is 2.15. The van der Waals surface area contributed by atoms with Crippen molar-refractivity contribution in [2.24, 2.45) is 7.05 Å². The average Bonchev–Trinajstić information content (AvgIpc) is 3.04. The average molecular weight is 666 g/mol. The van der Waals surface area contributed by atoms with Gasteiger partial charge in [0, 0.05) is 0 Å². The minimum absolute atomic E-state index is 0. The van der Waals surface area contributed by atoms with Crippen molar-refractivity contribution in [3.63, 3.8) is 0 Å². The van der Waals surface area contributed by atoms with Crippen LogP contribution in [0.3, 0.4) is 0 Å². The van der Waals surface area contributed by atoms with Gasteiger partial charge in [0.25, 0.3) is 0 Å². The number of esters is 2. The molecule has 0 unspecified atom stereocenters. The summed E-state index contributed by atoms with van der Waals surface area (Å²) in [7, 11) is 1.81. The number of hydrogen-bond acceptors (Lipinski definition) is 4. The zero-order valence-corrected chi connectivity index (χ0v) is 31.2. The molecule has 0 N–H and O–H groups in total. The number of aryl methyl sites for hydroxylation is 1. The maximum Gasteiger partial charge on any atom is 0.344 e. The van der Waals surface area contributed by atoms with Gasteiger partial charge in [0.15, 0.2) is 12.4 Å². The van der Waals surface area contributed by atoms with E-state index < -0.39 is 0 Å². The molecule has 1 aromatic rings. The lowest BCUT2D eigenvalue weighted by Gasteiger charge is -2.07. The Balaban J connectivity index is 0.0000202. The van der Waals surface area contributed by atoms with Gasteiger partial charge in [-0.05, 0) is 18.9 Å². The van der Waals surface area contributed by atoms with Crippen LogP contribution in [-0.4, -0.2) is 25.2 Å². The van der Waals surface area contributed by atoms with E-state index in [4.69, 9.17) is 9.47 Å². The van der Waals surface area contributed by atoms with Crippen LogP contribution in [0.5, 0.6) is 0 Å². The second-order valence-corrected chi connectivity index (χ2v) is 13.4. The van der Waals surface area contributed by atoms with Crippen molar-refractivity contribution in [1.82, 2.24) is 0 Å². The third-order valence-corrected chi connectivity index (χ3v) is 8.93. The first-order valence-electron chi connectivity index (χ1n) is 19.4. The quantitative estimate of drug-likeness (QED) is 0.0439. The van der Waals surface area contributed by atoms with Crippen LogP contribution in [0, 0.1) is 0 Å². The number of nitrogens with zero attached hydrogens (tertiary/aromatic N) is 1. The molecular weight excluding hydrogens is 594 g/mol. The first-order valence-corrected chi connectivity index (χ1v) is 19.4. The van der Waals surface area contributed by atoms with Crippen molar-refractivity contribution in [2.45, 2.75) is 194 Å². The van der Waals surface area contributed by atoms with Gasteiger partial charge in [-0.3, -0.25) is 0 Å². The van der Waals surface area contributed by atoms with Gasteiger partial charge in [0.05, 0.1) is 13.2 Å². The summed E-state index contributed by atoms with van der Waals surface area (Å²) >= 11 is 0. The lowest BCUT2D eigenvalue weighted by molar-refractivity contribution is -0.671. The maximum atomic E-state index is 12.6. The summed E-state index contributed by atoms with van der Waals surface area (Å²) in [6.45, 7) is 5.40. The molecule has 1 rings (SSSR count). The van der Waals surface area contributed by atoms with Crippen molar-refractivity contribution < 1.29 is 36.0 Å². The van der Waals surface area contributed by atoms with Crippen LogP contribution in [0.2, 0.25) is 0 Å². The molecule has 46 heavy (non-hydrogen) atoms. The molecule has 6 heteroatoms. The second kappa shape index (κ2) is 33.3. The van der Waals surface area contributed by atoms with Crippen LogP contribution in [0.25, 0.3) is 0 Å². The lowest BCUT2D eigenvalue weighted by atomic mass is 10.0. The van der Waals surface area contributed by atoms with Crippen molar-refractivity contribution in [3.8, 4) is 0 Å². The number of carbonyl (C=O) groups excluding carboxylic acids is 2. The molecule has 0 radical (unpaired) electrons. The highest BCUT2D eigenvalue weighted by atomic mass is 35.5. The number of unbranched alkanes of at least 4 members (excludes halogenated alkanes) is 26. The number of hydrogen-bond donors (Lipinski definition) is 0. The van der Waals surface area contributed by atoms with Gasteiger partial charge in [-0.1, -0.05) is 181 Å². The molecule has 0 aliphatic carbocycles. The van der Waals surface area contributed by atoms with Gasteiger partial charge >= 0.3 is 11.9 Å². The fraction of sp³-hybridized carbons (Fsp3) is 0.825. The van der Waals surface area contributed by atoms with Crippen LogP contribution in [0.15, 0.2) is 18.5 Å². The van der Waals surface area contributed by atoms with Crippen molar-refractivity contribution in [3.05, 3.63) is 29.6 Å². The lowest BCUT2D eigenvalue weighted by Crippen LogP contribution is -3.00. The van der Waals surface area contributed by atoms with E-state index in [1.807, 2.05) is 7.05 Å². The SMILES string of the molecule is CCCCCCCCCCCCCCCCOC(=O)c1cc(C(=O)OCCCCCCCCCCCCCCCC)c[n+](C)c1.[Cl-]. The molecule has 0 saturated carbocycles. The van der Waals surface area contributed by atoms with Gasteiger partial charge in [0.1, 0.15) is 18.2 Å². The van der Waals surface area contributed by atoms with Crippen LogP contribution >= 0.6 is 0 Å². The molecule has 0 bridgehead atoms. The Bertz CT molecular complexity index is 782. The molecule has 0 atom stereocenters. The van der Waals surface area contributed by atoms with Crippen LogP contribution in [0.4, 0.5) is 0 Å². The summed E-state index contributed by atoms with van der Waals surface area (Å²) in [6.07, 6.45) is 39.8. The van der Waals surface area contributed by atoms with E-state index in [9.17, 15) is 9.59 Å². The number of pyridine rings is 1. The second-order valence-electron chi connectivity index (χ2n) is 13.4.